The van der Waals surface area contributed by atoms with E-state index in [0.717, 1.165) is 16.8 Å². The second-order valence-electron chi connectivity index (χ2n) is 9.77. The van der Waals surface area contributed by atoms with Crippen LogP contribution in [0.1, 0.15) is 35.0 Å². The molecule has 0 radical (unpaired) electrons. The molecule has 0 unspecified atom stereocenters. The number of fused-ring (bicyclic) bond motifs is 1. The number of benzene rings is 2. The normalized spacial score (nSPS) is 16.3. The first-order valence-corrected chi connectivity index (χ1v) is 14.7. The fraction of sp³-hybridized carbons (Fsp3) is 0.310. The Kier molecular flexibility index (Phi) is 7.22. The van der Waals surface area contributed by atoms with Gasteiger partial charge in [-0.15, -0.1) is 0 Å². The Morgan fingerprint density at radius 1 is 1.08 bits per heavy atom. The van der Waals surface area contributed by atoms with Crippen molar-refractivity contribution in [3.05, 3.63) is 77.5 Å². The molecule has 1 aliphatic rings. The van der Waals surface area contributed by atoms with Crippen molar-refractivity contribution in [2.75, 3.05) is 24.7 Å². The Hall–Kier alpha value is -4.05. The smallest absolute Gasteiger partial charge is 0.339 e. The molecule has 202 valence electrons. The van der Waals surface area contributed by atoms with Crippen molar-refractivity contribution >= 4 is 32.7 Å². The molecule has 0 saturated carbocycles. The number of hydrogen-bond donors (Lipinski definition) is 0. The quantitative estimate of drug-likeness (QED) is 0.323. The number of pyridine rings is 1. The molecule has 1 saturated heterocycles. The molecule has 3 heterocycles. The minimum atomic E-state index is -3.16. The molecule has 4 aromatic rings. The van der Waals surface area contributed by atoms with Crippen LogP contribution in [0.2, 0.25) is 0 Å². The highest BCUT2D eigenvalue weighted by molar-refractivity contribution is 7.91. The lowest BCUT2D eigenvalue weighted by atomic mass is 10.1. The Bertz CT molecular complexity index is 1650. The van der Waals surface area contributed by atoms with E-state index in [1.165, 1.54) is 4.90 Å². The summed E-state index contributed by atoms with van der Waals surface area (Å²) >= 11 is 0. The Morgan fingerprint density at radius 3 is 2.44 bits per heavy atom. The van der Waals surface area contributed by atoms with E-state index >= 15 is 0 Å². The second kappa shape index (κ2) is 10.6. The maximum Gasteiger partial charge on any atom is 0.339 e. The second-order valence-corrected chi connectivity index (χ2v) is 12.0. The SMILES string of the molecule is CCN(C(=O)COC(=O)c1cc(-c2ccccc2)nc2c1c(C)nn2-c1ccc(C)cc1)[C@H]1CCS(=O)(=O)C1. The third-order valence-electron chi connectivity index (χ3n) is 7.02. The number of carbonyl (C=O) groups is 2. The molecule has 5 rings (SSSR count). The molecular weight excluding hydrogens is 516 g/mol. The third kappa shape index (κ3) is 5.42. The van der Waals surface area contributed by atoms with Gasteiger partial charge in [-0.2, -0.15) is 5.10 Å². The summed E-state index contributed by atoms with van der Waals surface area (Å²) in [4.78, 5) is 32.8. The molecule has 39 heavy (non-hydrogen) atoms. The maximum atomic E-state index is 13.5. The number of sulfone groups is 1. The van der Waals surface area contributed by atoms with E-state index < -0.39 is 34.4 Å². The molecule has 1 aliphatic heterocycles. The molecule has 1 fully saturated rings. The lowest BCUT2D eigenvalue weighted by Gasteiger charge is -2.26. The van der Waals surface area contributed by atoms with Crippen LogP contribution in [0.5, 0.6) is 0 Å². The van der Waals surface area contributed by atoms with Crippen LogP contribution in [0.25, 0.3) is 28.0 Å². The summed E-state index contributed by atoms with van der Waals surface area (Å²) in [5.74, 6) is -1.10. The topological polar surface area (TPSA) is 111 Å². The Morgan fingerprint density at radius 2 is 1.79 bits per heavy atom. The number of aromatic nitrogens is 3. The summed E-state index contributed by atoms with van der Waals surface area (Å²) in [7, 11) is -3.16. The van der Waals surface area contributed by atoms with Crippen LogP contribution in [0.15, 0.2) is 60.7 Å². The Labute approximate surface area is 227 Å². The fourth-order valence-corrected chi connectivity index (χ4v) is 6.75. The van der Waals surface area contributed by atoms with Crippen LogP contribution < -0.4 is 0 Å². The molecule has 1 atom stereocenters. The van der Waals surface area contributed by atoms with Gasteiger partial charge in [0.1, 0.15) is 0 Å². The number of rotatable bonds is 7. The molecule has 0 N–H and O–H groups in total. The number of hydrogen-bond acceptors (Lipinski definition) is 7. The predicted octanol–water partition coefficient (Wildman–Crippen LogP) is 3.90. The first kappa shape index (κ1) is 26.6. The van der Waals surface area contributed by atoms with Gasteiger partial charge in [0.05, 0.1) is 39.5 Å². The van der Waals surface area contributed by atoms with Crippen LogP contribution in [0.4, 0.5) is 0 Å². The number of nitrogens with zero attached hydrogens (tertiary/aromatic N) is 4. The number of carbonyl (C=O) groups excluding carboxylic acids is 2. The molecule has 1 amide bonds. The lowest BCUT2D eigenvalue weighted by Crippen LogP contribution is -2.43. The largest absolute Gasteiger partial charge is 0.452 e. The van der Waals surface area contributed by atoms with Gasteiger partial charge in [0.15, 0.2) is 22.1 Å². The molecule has 0 bridgehead atoms. The van der Waals surface area contributed by atoms with Gasteiger partial charge in [0.25, 0.3) is 5.91 Å². The van der Waals surface area contributed by atoms with Crippen molar-refractivity contribution < 1.29 is 22.7 Å². The van der Waals surface area contributed by atoms with Crippen molar-refractivity contribution in [2.24, 2.45) is 0 Å². The summed E-state index contributed by atoms with van der Waals surface area (Å²) in [6.45, 7) is 5.43. The van der Waals surface area contributed by atoms with Gasteiger partial charge in [-0.05, 0) is 45.4 Å². The number of aryl methyl sites for hydroxylation is 2. The highest BCUT2D eigenvalue weighted by Gasteiger charge is 2.34. The van der Waals surface area contributed by atoms with Gasteiger partial charge < -0.3 is 9.64 Å². The number of ether oxygens (including phenoxy) is 1. The molecule has 0 aliphatic carbocycles. The first-order valence-electron chi connectivity index (χ1n) is 12.9. The van der Waals surface area contributed by atoms with Crippen molar-refractivity contribution in [3.8, 4) is 16.9 Å². The van der Waals surface area contributed by atoms with Gasteiger partial charge >= 0.3 is 5.97 Å². The lowest BCUT2D eigenvalue weighted by molar-refractivity contribution is -0.136. The van der Waals surface area contributed by atoms with E-state index in [4.69, 9.17) is 9.72 Å². The summed E-state index contributed by atoms with van der Waals surface area (Å²) in [5, 5.41) is 5.23. The summed E-state index contributed by atoms with van der Waals surface area (Å²) in [6.07, 6.45) is 0.388. The third-order valence-corrected chi connectivity index (χ3v) is 8.77. The zero-order valence-electron chi connectivity index (χ0n) is 22.1. The fourth-order valence-electron chi connectivity index (χ4n) is 5.02. The van der Waals surface area contributed by atoms with Gasteiger partial charge in [-0.3, -0.25) is 4.79 Å². The van der Waals surface area contributed by atoms with Gasteiger partial charge in [-0.25, -0.2) is 22.9 Å². The van der Waals surface area contributed by atoms with Crippen molar-refractivity contribution in [2.45, 2.75) is 33.2 Å². The van der Waals surface area contributed by atoms with E-state index in [1.54, 1.807) is 24.6 Å². The highest BCUT2D eigenvalue weighted by atomic mass is 32.2. The average Bonchev–Trinajstić information content (AvgIpc) is 3.46. The zero-order valence-corrected chi connectivity index (χ0v) is 22.9. The van der Waals surface area contributed by atoms with Crippen LogP contribution in [0.3, 0.4) is 0 Å². The first-order chi connectivity index (χ1) is 18.7. The van der Waals surface area contributed by atoms with Crippen LogP contribution in [-0.4, -0.2) is 70.7 Å². The average molecular weight is 547 g/mol. The van der Waals surface area contributed by atoms with Crippen LogP contribution >= 0.6 is 0 Å². The minimum absolute atomic E-state index is 0.0583. The van der Waals surface area contributed by atoms with E-state index in [2.05, 4.69) is 5.10 Å². The monoisotopic (exact) mass is 546 g/mol. The molecule has 0 spiro atoms. The van der Waals surface area contributed by atoms with Crippen LogP contribution in [0, 0.1) is 13.8 Å². The van der Waals surface area contributed by atoms with E-state index in [1.807, 2.05) is 61.5 Å². The van der Waals surface area contributed by atoms with Gasteiger partial charge in [-0.1, -0.05) is 48.0 Å². The molecular formula is C29H30N4O5S. The molecule has 9 nitrogen and oxygen atoms in total. The van der Waals surface area contributed by atoms with Gasteiger partial charge in [0.2, 0.25) is 0 Å². The molecule has 2 aromatic heterocycles. The summed E-state index contributed by atoms with van der Waals surface area (Å²) in [6, 6.07) is 18.6. The summed E-state index contributed by atoms with van der Waals surface area (Å²) in [5.41, 5.74) is 4.66. The van der Waals surface area contributed by atoms with Crippen LogP contribution in [-0.2, 0) is 19.4 Å². The Balaban J connectivity index is 1.50. The van der Waals surface area contributed by atoms with Crippen molar-refractivity contribution in [1.29, 1.82) is 0 Å². The number of likely N-dealkylation sites (N-methyl/N-ethyl adjacent to an activating group) is 1. The predicted molar refractivity (Wildman–Crippen MR) is 149 cm³/mol. The van der Waals surface area contributed by atoms with Crippen molar-refractivity contribution in [1.82, 2.24) is 19.7 Å². The minimum Gasteiger partial charge on any atom is -0.452 e. The van der Waals surface area contributed by atoms with E-state index in [9.17, 15) is 18.0 Å². The highest BCUT2D eigenvalue weighted by Crippen LogP contribution is 2.29. The molecule has 10 heteroatoms. The van der Waals surface area contributed by atoms with E-state index in [-0.39, 0.29) is 17.1 Å². The zero-order chi connectivity index (χ0) is 27.7. The molecule has 2 aromatic carbocycles. The number of amides is 1. The van der Waals surface area contributed by atoms with Crippen molar-refractivity contribution in [3.63, 3.8) is 0 Å². The maximum absolute atomic E-state index is 13.5. The standard InChI is InChI=1S/C29H30N4O5S/c1-4-32(23-14-15-39(36,37)18-23)26(34)17-38-29(35)24-16-25(21-8-6-5-7-9-21)30-28-27(24)20(3)31-33(28)22-12-10-19(2)11-13-22/h5-13,16,23H,4,14-15,17-18H2,1-3H3/t23-/m0/s1. The van der Waals surface area contributed by atoms with Gasteiger partial charge in [0, 0.05) is 18.2 Å². The summed E-state index contributed by atoms with van der Waals surface area (Å²) < 4.78 is 31.1. The number of esters is 1. The van der Waals surface area contributed by atoms with E-state index in [0.29, 0.717) is 35.4 Å².